The van der Waals surface area contributed by atoms with Crippen molar-refractivity contribution in [2.75, 3.05) is 7.05 Å². The molecule has 0 radical (unpaired) electrons. The van der Waals surface area contributed by atoms with Gasteiger partial charge in [-0.3, -0.25) is 4.79 Å². The monoisotopic (exact) mass is 239 g/mol. The van der Waals surface area contributed by atoms with Crippen LogP contribution in [0.2, 0.25) is 0 Å². The van der Waals surface area contributed by atoms with Gasteiger partial charge in [-0.25, -0.2) is 0 Å². The van der Waals surface area contributed by atoms with Crippen LogP contribution >= 0.6 is 0 Å². The molecule has 0 aliphatic heterocycles. The second-order valence-corrected chi connectivity index (χ2v) is 4.27. The molecule has 1 amide bonds. The third-order valence-electron chi connectivity index (χ3n) is 2.34. The van der Waals surface area contributed by atoms with Crippen molar-refractivity contribution in [3.63, 3.8) is 0 Å². The maximum Gasteiger partial charge on any atom is 0.249 e. The first-order valence-corrected chi connectivity index (χ1v) is 5.87. The van der Waals surface area contributed by atoms with Crippen LogP contribution in [0.1, 0.15) is 39.0 Å². The third-order valence-corrected chi connectivity index (χ3v) is 2.34. The Kier molecular flexibility index (Phi) is 8.03. The van der Waals surface area contributed by atoms with Crippen LogP contribution < -0.4 is 0 Å². The summed E-state index contributed by atoms with van der Waals surface area (Å²) in [5.74, 6) is -0.453. The van der Waals surface area contributed by atoms with Crippen molar-refractivity contribution >= 4 is 5.91 Å². The number of halogens is 1. The van der Waals surface area contributed by atoms with E-state index in [4.69, 9.17) is 0 Å². The lowest BCUT2D eigenvalue weighted by molar-refractivity contribution is -0.143. The van der Waals surface area contributed by atoms with Crippen molar-refractivity contribution in [3.8, 4) is 0 Å². The highest BCUT2D eigenvalue weighted by atomic mass is 19.2. The molecule has 0 atom stereocenters. The molecule has 0 spiro atoms. The molecule has 0 fully saturated rings. The predicted molar refractivity (Wildman–Crippen MR) is 70.1 cm³/mol. The quantitative estimate of drug-likeness (QED) is 0.356. The smallest absolute Gasteiger partial charge is 0.249 e. The zero-order valence-electron chi connectivity index (χ0n) is 10.8. The minimum atomic E-state index is -0.453. The van der Waals surface area contributed by atoms with E-state index < -0.39 is 5.91 Å². The van der Waals surface area contributed by atoms with Gasteiger partial charge in [0.05, 0.1) is 0 Å². The Hall–Kier alpha value is -1.38. The maximum absolute atomic E-state index is 12.4. The molecule has 0 aromatic rings. The fourth-order valence-corrected chi connectivity index (χ4v) is 1.30. The summed E-state index contributed by atoms with van der Waals surface area (Å²) in [6.07, 6.45) is 7.70. The predicted octanol–water partition coefficient (Wildman–Crippen LogP) is 3.97. The normalized spacial score (nSPS) is 10.5. The van der Waals surface area contributed by atoms with Gasteiger partial charge in [-0.05, 0) is 26.2 Å². The second kappa shape index (κ2) is 8.74. The molecule has 0 saturated carbocycles. The van der Waals surface area contributed by atoms with Gasteiger partial charge in [-0.2, -0.15) is 5.12 Å². The maximum atomic E-state index is 12.4. The summed E-state index contributed by atoms with van der Waals surface area (Å²) in [6.45, 7) is 9.63. The van der Waals surface area contributed by atoms with Crippen molar-refractivity contribution in [3.05, 3.63) is 36.5 Å². The van der Waals surface area contributed by atoms with E-state index in [1.54, 1.807) is 0 Å². The van der Waals surface area contributed by atoms with Crippen LogP contribution in [0.15, 0.2) is 36.5 Å². The van der Waals surface area contributed by atoms with E-state index in [1.807, 2.05) is 19.1 Å². The number of nitrogens with zero attached hydrogens (tertiary/aromatic N) is 1. The molecule has 0 aliphatic carbocycles. The number of rotatable bonds is 8. The Bertz CT molecular complexity index is 305. The molecule has 17 heavy (non-hydrogen) atoms. The molecule has 0 aromatic carbocycles. The van der Waals surface area contributed by atoms with E-state index in [-0.39, 0.29) is 11.5 Å². The molecule has 2 nitrogen and oxygen atoms in total. The lowest BCUT2D eigenvalue weighted by Crippen LogP contribution is -2.16. The van der Waals surface area contributed by atoms with Crippen molar-refractivity contribution < 1.29 is 9.28 Å². The van der Waals surface area contributed by atoms with Crippen LogP contribution in [0.25, 0.3) is 0 Å². The van der Waals surface area contributed by atoms with E-state index in [0.717, 1.165) is 43.9 Å². The number of unbranched alkanes of at least 4 members (excludes halogenated alkanes) is 2. The SMILES string of the molecule is C=C(C)/C=C\C(=C)CCCCCC(=O)N(C)F. The average Bonchev–Trinajstić information content (AvgIpc) is 2.25. The standard InChI is InChI=1S/C14H22FNO/c1-12(2)10-11-13(3)8-6-5-7-9-14(17)16(4)15/h10-11H,1,3,5-9H2,2,4H3/b11-10-. The highest BCUT2D eigenvalue weighted by molar-refractivity contribution is 5.74. The summed E-state index contributed by atoms with van der Waals surface area (Å²) in [6, 6.07) is 0. The van der Waals surface area contributed by atoms with Crippen LogP contribution in [-0.4, -0.2) is 18.1 Å². The van der Waals surface area contributed by atoms with Crippen molar-refractivity contribution in [2.45, 2.75) is 39.0 Å². The topological polar surface area (TPSA) is 20.3 Å². The van der Waals surface area contributed by atoms with Gasteiger partial charge in [0.1, 0.15) is 0 Å². The number of hydrogen-bond acceptors (Lipinski definition) is 1. The van der Waals surface area contributed by atoms with Crippen molar-refractivity contribution in [1.82, 2.24) is 5.12 Å². The number of amides is 1. The first kappa shape index (κ1) is 15.6. The molecule has 0 N–H and O–H groups in total. The summed E-state index contributed by atoms with van der Waals surface area (Å²) in [7, 11) is 1.13. The Morgan fingerprint density at radius 1 is 1.18 bits per heavy atom. The Balaban J connectivity index is 3.55. The van der Waals surface area contributed by atoms with Gasteiger partial charge in [0.15, 0.2) is 0 Å². The zero-order chi connectivity index (χ0) is 13.3. The molecular weight excluding hydrogens is 217 g/mol. The lowest BCUT2D eigenvalue weighted by Gasteiger charge is -2.05. The fourth-order valence-electron chi connectivity index (χ4n) is 1.30. The van der Waals surface area contributed by atoms with Crippen LogP contribution in [0.3, 0.4) is 0 Å². The third kappa shape index (κ3) is 9.54. The molecule has 0 unspecified atom stereocenters. The highest BCUT2D eigenvalue weighted by Crippen LogP contribution is 2.11. The molecule has 96 valence electrons. The molecule has 0 heterocycles. The molecule has 0 bridgehead atoms. The van der Waals surface area contributed by atoms with E-state index in [2.05, 4.69) is 13.2 Å². The number of carbonyl (C=O) groups is 1. The van der Waals surface area contributed by atoms with Gasteiger partial charge in [0.25, 0.3) is 0 Å². The number of allylic oxidation sites excluding steroid dienone is 4. The first-order chi connectivity index (χ1) is 7.93. The molecule has 0 rings (SSSR count). The summed E-state index contributed by atoms with van der Waals surface area (Å²) in [4.78, 5) is 10.9. The van der Waals surface area contributed by atoms with Crippen molar-refractivity contribution in [1.29, 1.82) is 0 Å². The van der Waals surface area contributed by atoms with E-state index >= 15 is 0 Å². The Labute approximate surface area is 103 Å². The number of carbonyl (C=O) groups excluding carboxylic acids is 1. The van der Waals surface area contributed by atoms with Gasteiger partial charge < -0.3 is 0 Å². The average molecular weight is 239 g/mol. The summed E-state index contributed by atoms with van der Waals surface area (Å²) >= 11 is 0. The van der Waals surface area contributed by atoms with Crippen LogP contribution in [-0.2, 0) is 4.79 Å². The summed E-state index contributed by atoms with van der Waals surface area (Å²) in [5, 5.41) is 0.147. The number of hydrogen-bond donors (Lipinski definition) is 0. The summed E-state index contributed by atoms with van der Waals surface area (Å²) in [5.41, 5.74) is 2.06. The Morgan fingerprint density at radius 3 is 2.29 bits per heavy atom. The van der Waals surface area contributed by atoms with E-state index in [1.165, 1.54) is 0 Å². The molecule has 0 aromatic heterocycles. The van der Waals surface area contributed by atoms with Crippen molar-refractivity contribution in [2.24, 2.45) is 0 Å². The minimum absolute atomic E-state index is 0.147. The molecule has 0 aliphatic rings. The second-order valence-electron chi connectivity index (χ2n) is 4.27. The highest BCUT2D eigenvalue weighted by Gasteiger charge is 2.05. The molecule has 0 saturated heterocycles. The van der Waals surface area contributed by atoms with Crippen LogP contribution in [0.4, 0.5) is 4.48 Å². The zero-order valence-corrected chi connectivity index (χ0v) is 10.8. The van der Waals surface area contributed by atoms with E-state index in [0.29, 0.717) is 0 Å². The van der Waals surface area contributed by atoms with Gasteiger partial charge >= 0.3 is 0 Å². The van der Waals surface area contributed by atoms with Crippen LogP contribution in [0.5, 0.6) is 0 Å². The van der Waals surface area contributed by atoms with Gasteiger partial charge in [0.2, 0.25) is 5.91 Å². The lowest BCUT2D eigenvalue weighted by atomic mass is 10.1. The molecular formula is C14H22FNO. The fraction of sp³-hybridized carbons (Fsp3) is 0.500. The Morgan fingerprint density at radius 2 is 1.76 bits per heavy atom. The van der Waals surface area contributed by atoms with Gasteiger partial charge in [-0.15, -0.1) is 0 Å². The molecule has 3 heteroatoms. The van der Waals surface area contributed by atoms with Crippen LogP contribution in [0, 0.1) is 0 Å². The first-order valence-electron chi connectivity index (χ1n) is 5.87. The minimum Gasteiger partial charge on any atom is -0.272 e. The summed E-state index contributed by atoms with van der Waals surface area (Å²) < 4.78 is 12.4. The van der Waals surface area contributed by atoms with Gasteiger partial charge in [0, 0.05) is 13.5 Å². The van der Waals surface area contributed by atoms with Gasteiger partial charge in [-0.1, -0.05) is 47.4 Å². The van der Waals surface area contributed by atoms with E-state index in [9.17, 15) is 9.28 Å². The largest absolute Gasteiger partial charge is 0.272 e.